The Morgan fingerprint density at radius 3 is 2.55 bits per heavy atom. The summed E-state index contributed by atoms with van der Waals surface area (Å²) in [5.74, 6) is -0.531. The van der Waals surface area contributed by atoms with E-state index in [0.717, 1.165) is 16.5 Å². The number of amides is 1. The fraction of sp³-hybridized carbons (Fsp3) is 0.0588. The largest absolute Gasteiger partial charge is 0.364 e. The molecular formula is C17H13N3O2. The number of nitrogens with zero attached hydrogens (tertiary/aromatic N) is 1. The predicted octanol–water partition coefficient (Wildman–Crippen LogP) is 2.28. The van der Waals surface area contributed by atoms with Crippen molar-refractivity contribution in [2.24, 2.45) is 4.99 Å². The van der Waals surface area contributed by atoms with Crippen LogP contribution in [0.3, 0.4) is 0 Å². The van der Waals surface area contributed by atoms with Gasteiger partial charge in [0.15, 0.2) is 0 Å². The van der Waals surface area contributed by atoms with Crippen molar-refractivity contribution >= 4 is 28.2 Å². The van der Waals surface area contributed by atoms with Gasteiger partial charge in [-0.2, -0.15) is 0 Å². The summed E-state index contributed by atoms with van der Waals surface area (Å²) < 4.78 is 0. The van der Waals surface area contributed by atoms with Gasteiger partial charge in [0.05, 0.1) is 17.1 Å². The number of carbonyl (C=O) groups is 1. The molecule has 4 rings (SSSR count). The molecule has 2 aromatic carbocycles. The fourth-order valence-corrected chi connectivity index (χ4v) is 2.70. The second-order valence-electron chi connectivity index (χ2n) is 5.13. The van der Waals surface area contributed by atoms with E-state index >= 15 is 0 Å². The van der Waals surface area contributed by atoms with Crippen molar-refractivity contribution in [1.82, 2.24) is 4.98 Å². The number of fused-ring (bicyclic) bond motifs is 3. The number of aromatic nitrogens is 1. The molecule has 3 aromatic rings. The SMILES string of the molecule is O=C1Nc2c([nH]c3ccccc23)C(c2ccccc2)=NC1O. The standard InChI is InChI=1S/C17H13N3O2/c21-16-17(22)20-14-11-8-4-5-9-12(11)18-15(14)13(19-16)10-6-2-1-3-7-10/h1-9,16,18,21H,(H,20,22). The summed E-state index contributed by atoms with van der Waals surface area (Å²) in [6, 6.07) is 17.2. The van der Waals surface area contributed by atoms with Crippen LogP contribution in [0.4, 0.5) is 5.69 Å². The molecular weight excluding hydrogens is 278 g/mol. The number of rotatable bonds is 1. The number of aliphatic hydroxyl groups is 1. The normalized spacial score (nSPS) is 17.6. The van der Waals surface area contributed by atoms with E-state index in [0.29, 0.717) is 17.1 Å². The molecule has 108 valence electrons. The topological polar surface area (TPSA) is 77.5 Å². The summed E-state index contributed by atoms with van der Waals surface area (Å²) in [6.45, 7) is 0. The predicted molar refractivity (Wildman–Crippen MR) is 85.0 cm³/mol. The van der Waals surface area contributed by atoms with Gasteiger partial charge in [0, 0.05) is 16.5 Å². The lowest BCUT2D eigenvalue weighted by molar-refractivity contribution is -0.123. The van der Waals surface area contributed by atoms with Crippen LogP contribution in [0, 0.1) is 0 Å². The molecule has 0 bridgehead atoms. The van der Waals surface area contributed by atoms with Gasteiger partial charge in [-0.1, -0.05) is 48.5 Å². The van der Waals surface area contributed by atoms with Gasteiger partial charge in [-0.05, 0) is 6.07 Å². The zero-order valence-corrected chi connectivity index (χ0v) is 11.6. The molecule has 5 heteroatoms. The Labute approximate surface area is 126 Å². The van der Waals surface area contributed by atoms with E-state index in [1.807, 2.05) is 54.6 Å². The van der Waals surface area contributed by atoms with E-state index in [-0.39, 0.29) is 0 Å². The van der Waals surface area contributed by atoms with Crippen LogP contribution in [0.2, 0.25) is 0 Å². The molecule has 5 nitrogen and oxygen atoms in total. The first kappa shape index (κ1) is 12.8. The van der Waals surface area contributed by atoms with E-state index in [1.54, 1.807) is 0 Å². The number of carbonyl (C=O) groups excluding carboxylic acids is 1. The molecule has 1 unspecified atom stereocenters. The van der Waals surface area contributed by atoms with Crippen LogP contribution in [-0.2, 0) is 4.79 Å². The third kappa shape index (κ3) is 1.91. The Balaban J connectivity index is 2.02. The van der Waals surface area contributed by atoms with Crippen LogP contribution in [0.15, 0.2) is 59.6 Å². The van der Waals surface area contributed by atoms with Gasteiger partial charge >= 0.3 is 0 Å². The molecule has 1 aromatic heterocycles. The first-order valence-corrected chi connectivity index (χ1v) is 6.97. The molecule has 1 aliphatic heterocycles. The number of aliphatic hydroxyl groups excluding tert-OH is 1. The summed E-state index contributed by atoms with van der Waals surface area (Å²) in [6.07, 6.45) is -1.42. The minimum atomic E-state index is -1.42. The van der Waals surface area contributed by atoms with Crippen LogP contribution >= 0.6 is 0 Å². The van der Waals surface area contributed by atoms with Crippen molar-refractivity contribution in [2.75, 3.05) is 5.32 Å². The van der Waals surface area contributed by atoms with E-state index in [2.05, 4.69) is 15.3 Å². The molecule has 0 aliphatic carbocycles. The van der Waals surface area contributed by atoms with Crippen molar-refractivity contribution in [3.05, 3.63) is 65.9 Å². The number of hydrogen-bond donors (Lipinski definition) is 3. The van der Waals surface area contributed by atoms with Gasteiger partial charge in [-0.15, -0.1) is 0 Å². The molecule has 1 aliphatic rings. The molecule has 0 saturated carbocycles. The molecule has 0 fully saturated rings. The number of para-hydroxylation sites is 1. The summed E-state index contributed by atoms with van der Waals surface area (Å²) in [7, 11) is 0. The Hall–Kier alpha value is -2.92. The van der Waals surface area contributed by atoms with Crippen molar-refractivity contribution in [3.8, 4) is 0 Å². The zero-order valence-electron chi connectivity index (χ0n) is 11.6. The lowest BCUT2D eigenvalue weighted by Crippen LogP contribution is -2.24. The summed E-state index contributed by atoms with van der Waals surface area (Å²) in [4.78, 5) is 19.5. The number of nitrogens with one attached hydrogen (secondary N) is 2. The molecule has 1 atom stereocenters. The third-order valence-corrected chi connectivity index (χ3v) is 3.72. The number of hydrogen-bond acceptors (Lipinski definition) is 3. The number of aromatic amines is 1. The Morgan fingerprint density at radius 2 is 1.73 bits per heavy atom. The highest BCUT2D eigenvalue weighted by atomic mass is 16.3. The maximum Gasteiger partial charge on any atom is 0.276 e. The first-order valence-electron chi connectivity index (χ1n) is 6.97. The van der Waals surface area contributed by atoms with E-state index in [4.69, 9.17) is 0 Å². The highest BCUT2D eigenvalue weighted by Crippen LogP contribution is 2.31. The van der Waals surface area contributed by atoms with Gasteiger partial charge < -0.3 is 15.4 Å². The number of H-pyrrole nitrogens is 1. The second kappa shape index (κ2) is 4.82. The molecule has 3 N–H and O–H groups in total. The lowest BCUT2D eigenvalue weighted by Gasteiger charge is -2.05. The smallest absolute Gasteiger partial charge is 0.276 e. The number of aliphatic imine (C=N–C) groups is 1. The minimum absolute atomic E-state index is 0.531. The van der Waals surface area contributed by atoms with Gasteiger partial charge in [-0.3, -0.25) is 4.79 Å². The maximum atomic E-state index is 12.0. The molecule has 22 heavy (non-hydrogen) atoms. The monoisotopic (exact) mass is 291 g/mol. The highest BCUT2D eigenvalue weighted by molar-refractivity contribution is 6.22. The van der Waals surface area contributed by atoms with Crippen LogP contribution in [0.1, 0.15) is 11.3 Å². The Kier molecular flexibility index (Phi) is 2.80. The van der Waals surface area contributed by atoms with Gasteiger partial charge in [0.25, 0.3) is 5.91 Å². The average Bonchev–Trinajstić information content (AvgIpc) is 2.86. The summed E-state index contributed by atoms with van der Waals surface area (Å²) in [5.41, 5.74) is 3.67. The van der Waals surface area contributed by atoms with E-state index < -0.39 is 12.1 Å². The molecule has 2 heterocycles. The second-order valence-corrected chi connectivity index (χ2v) is 5.13. The van der Waals surface area contributed by atoms with E-state index in [9.17, 15) is 9.90 Å². The van der Waals surface area contributed by atoms with Crippen molar-refractivity contribution in [2.45, 2.75) is 6.23 Å². The quantitative estimate of drug-likeness (QED) is 0.643. The van der Waals surface area contributed by atoms with Gasteiger partial charge in [0.1, 0.15) is 0 Å². The molecule has 0 spiro atoms. The van der Waals surface area contributed by atoms with Gasteiger partial charge in [0.2, 0.25) is 6.23 Å². The first-order chi connectivity index (χ1) is 10.7. The third-order valence-electron chi connectivity index (χ3n) is 3.72. The Morgan fingerprint density at radius 1 is 1.00 bits per heavy atom. The fourth-order valence-electron chi connectivity index (χ4n) is 2.70. The van der Waals surface area contributed by atoms with Crippen molar-refractivity contribution in [1.29, 1.82) is 0 Å². The average molecular weight is 291 g/mol. The molecule has 1 amide bonds. The van der Waals surface area contributed by atoms with Gasteiger partial charge in [-0.25, -0.2) is 4.99 Å². The highest BCUT2D eigenvalue weighted by Gasteiger charge is 2.26. The number of anilines is 1. The van der Waals surface area contributed by atoms with Crippen LogP contribution < -0.4 is 5.32 Å². The van der Waals surface area contributed by atoms with Crippen LogP contribution in [0.25, 0.3) is 10.9 Å². The van der Waals surface area contributed by atoms with Crippen molar-refractivity contribution in [3.63, 3.8) is 0 Å². The zero-order chi connectivity index (χ0) is 15.1. The molecule has 0 saturated heterocycles. The summed E-state index contributed by atoms with van der Waals surface area (Å²) >= 11 is 0. The van der Waals surface area contributed by atoms with Crippen molar-refractivity contribution < 1.29 is 9.90 Å². The maximum absolute atomic E-state index is 12.0. The minimum Gasteiger partial charge on any atom is -0.364 e. The van der Waals surface area contributed by atoms with E-state index in [1.165, 1.54) is 0 Å². The summed E-state index contributed by atoms with van der Waals surface area (Å²) in [5, 5.41) is 13.6. The van der Waals surface area contributed by atoms with Crippen LogP contribution in [0.5, 0.6) is 0 Å². The molecule has 0 radical (unpaired) electrons. The Bertz CT molecular complexity index is 897. The van der Waals surface area contributed by atoms with Crippen LogP contribution in [-0.4, -0.2) is 27.9 Å². The number of benzene rings is 2. The lowest BCUT2D eigenvalue weighted by atomic mass is 10.1.